The molecule has 1 aliphatic carbocycles. The van der Waals surface area contributed by atoms with Crippen molar-refractivity contribution in [1.82, 2.24) is 20.2 Å². The molecule has 0 spiro atoms. The minimum atomic E-state index is -0.0636. The molecule has 154 valence electrons. The van der Waals surface area contributed by atoms with E-state index >= 15 is 0 Å². The summed E-state index contributed by atoms with van der Waals surface area (Å²) in [5, 5.41) is 3.17. The summed E-state index contributed by atoms with van der Waals surface area (Å²) in [6.45, 7) is 6.64. The van der Waals surface area contributed by atoms with Crippen molar-refractivity contribution in [2.75, 3.05) is 31.1 Å². The quantitative estimate of drug-likeness (QED) is 0.845. The van der Waals surface area contributed by atoms with E-state index in [1.54, 1.807) is 0 Å². The number of piperazine rings is 1. The molecule has 1 amide bonds. The van der Waals surface area contributed by atoms with Crippen LogP contribution in [-0.4, -0.2) is 53.0 Å². The number of benzene rings is 1. The molecule has 2 aromatic rings. The van der Waals surface area contributed by atoms with Gasteiger partial charge in [-0.3, -0.25) is 9.69 Å². The Hall–Kier alpha value is -2.47. The molecule has 0 atom stereocenters. The van der Waals surface area contributed by atoms with Gasteiger partial charge < -0.3 is 10.2 Å². The maximum absolute atomic E-state index is 12.7. The Morgan fingerprint density at radius 1 is 1.03 bits per heavy atom. The van der Waals surface area contributed by atoms with Gasteiger partial charge >= 0.3 is 0 Å². The molecule has 2 heterocycles. The van der Waals surface area contributed by atoms with Gasteiger partial charge in [-0.1, -0.05) is 49.6 Å². The molecular weight excluding hydrogens is 362 g/mol. The van der Waals surface area contributed by atoms with Gasteiger partial charge in [0.1, 0.15) is 17.3 Å². The number of amides is 1. The predicted molar refractivity (Wildman–Crippen MR) is 115 cm³/mol. The molecular formula is C23H31N5O. The van der Waals surface area contributed by atoms with Crippen LogP contribution in [0.1, 0.15) is 54.0 Å². The van der Waals surface area contributed by atoms with Gasteiger partial charge in [-0.15, -0.1) is 0 Å². The summed E-state index contributed by atoms with van der Waals surface area (Å²) < 4.78 is 0. The molecule has 1 aromatic heterocycles. The largest absolute Gasteiger partial charge is 0.354 e. The average Bonchev–Trinajstić information content (AvgIpc) is 2.75. The van der Waals surface area contributed by atoms with Crippen molar-refractivity contribution in [3.8, 4) is 0 Å². The second kappa shape index (κ2) is 9.35. The summed E-state index contributed by atoms with van der Waals surface area (Å²) in [6.07, 6.45) is 5.83. The Morgan fingerprint density at radius 2 is 1.76 bits per heavy atom. The van der Waals surface area contributed by atoms with E-state index in [1.165, 1.54) is 24.8 Å². The molecule has 1 N–H and O–H groups in total. The maximum atomic E-state index is 12.7. The highest BCUT2D eigenvalue weighted by molar-refractivity contribution is 5.93. The Bertz CT molecular complexity index is 811. The molecule has 2 aliphatic rings. The first-order valence-corrected chi connectivity index (χ1v) is 10.9. The Balaban J connectivity index is 1.37. The van der Waals surface area contributed by atoms with Crippen molar-refractivity contribution in [2.45, 2.75) is 51.6 Å². The topological polar surface area (TPSA) is 61.4 Å². The maximum Gasteiger partial charge on any atom is 0.270 e. The molecule has 6 heteroatoms. The van der Waals surface area contributed by atoms with E-state index < -0.39 is 0 Å². The highest BCUT2D eigenvalue weighted by atomic mass is 16.1. The van der Waals surface area contributed by atoms with Crippen molar-refractivity contribution in [3.05, 3.63) is 53.5 Å². The van der Waals surface area contributed by atoms with Crippen molar-refractivity contribution in [3.63, 3.8) is 0 Å². The summed E-state index contributed by atoms with van der Waals surface area (Å²) in [6, 6.07) is 12.7. The SMILES string of the molecule is Cc1nc(C(=O)NC2CCCCC2)cc(N2CCN(Cc3ccccc3)CC2)n1. The minimum Gasteiger partial charge on any atom is -0.354 e. The monoisotopic (exact) mass is 393 g/mol. The van der Waals surface area contributed by atoms with Gasteiger partial charge in [-0.25, -0.2) is 9.97 Å². The smallest absolute Gasteiger partial charge is 0.270 e. The fourth-order valence-electron chi connectivity index (χ4n) is 4.31. The number of aromatic nitrogens is 2. The van der Waals surface area contributed by atoms with Crippen LogP contribution in [0.15, 0.2) is 36.4 Å². The first-order chi connectivity index (χ1) is 14.2. The van der Waals surface area contributed by atoms with Crippen LogP contribution in [0.3, 0.4) is 0 Å². The van der Waals surface area contributed by atoms with Gasteiger partial charge in [0.2, 0.25) is 0 Å². The van der Waals surface area contributed by atoms with E-state index in [1.807, 2.05) is 13.0 Å². The molecule has 6 nitrogen and oxygen atoms in total. The molecule has 1 saturated carbocycles. The fraction of sp³-hybridized carbons (Fsp3) is 0.522. The summed E-state index contributed by atoms with van der Waals surface area (Å²) in [7, 11) is 0. The second-order valence-corrected chi connectivity index (χ2v) is 8.22. The summed E-state index contributed by atoms with van der Waals surface area (Å²) in [4.78, 5) is 26.5. The third kappa shape index (κ3) is 5.32. The Kier molecular flexibility index (Phi) is 6.39. The van der Waals surface area contributed by atoms with Crippen LogP contribution in [0.2, 0.25) is 0 Å². The zero-order valence-electron chi connectivity index (χ0n) is 17.3. The lowest BCUT2D eigenvalue weighted by atomic mass is 9.95. The Labute approximate surface area is 173 Å². The van der Waals surface area contributed by atoms with Gasteiger partial charge in [0.15, 0.2) is 0 Å². The second-order valence-electron chi connectivity index (χ2n) is 8.22. The number of nitrogens with zero attached hydrogens (tertiary/aromatic N) is 4. The van der Waals surface area contributed by atoms with Crippen LogP contribution in [0.5, 0.6) is 0 Å². The van der Waals surface area contributed by atoms with Crippen LogP contribution in [-0.2, 0) is 6.54 Å². The number of hydrogen-bond acceptors (Lipinski definition) is 5. The molecule has 0 unspecified atom stereocenters. The van der Waals surface area contributed by atoms with E-state index in [-0.39, 0.29) is 11.9 Å². The minimum absolute atomic E-state index is 0.0636. The van der Waals surface area contributed by atoms with Crippen molar-refractivity contribution >= 4 is 11.7 Å². The third-order valence-electron chi connectivity index (χ3n) is 5.94. The van der Waals surface area contributed by atoms with Crippen molar-refractivity contribution in [1.29, 1.82) is 0 Å². The molecule has 1 aliphatic heterocycles. The van der Waals surface area contributed by atoms with Crippen molar-refractivity contribution < 1.29 is 4.79 Å². The zero-order chi connectivity index (χ0) is 20.1. The predicted octanol–water partition coefficient (Wildman–Crippen LogP) is 3.17. The van der Waals surface area contributed by atoms with Gasteiger partial charge in [0.05, 0.1) is 0 Å². The zero-order valence-corrected chi connectivity index (χ0v) is 17.3. The highest BCUT2D eigenvalue weighted by Gasteiger charge is 2.22. The van der Waals surface area contributed by atoms with E-state index in [0.717, 1.165) is 51.4 Å². The average molecular weight is 394 g/mol. The standard InChI is InChI=1S/C23H31N5O/c1-18-24-21(23(29)26-20-10-6-3-7-11-20)16-22(25-18)28-14-12-27(13-15-28)17-19-8-4-2-5-9-19/h2,4-5,8-9,16,20H,3,6-7,10-15,17H2,1H3,(H,26,29). The first-order valence-electron chi connectivity index (χ1n) is 10.9. The number of carbonyl (C=O) groups is 1. The number of rotatable bonds is 5. The number of hydrogen-bond donors (Lipinski definition) is 1. The third-order valence-corrected chi connectivity index (χ3v) is 5.94. The lowest BCUT2D eigenvalue weighted by Crippen LogP contribution is -2.46. The molecule has 1 aromatic carbocycles. The lowest BCUT2D eigenvalue weighted by Gasteiger charge is -2.35. The summed E-state index contributed by atoms with van der Waals surface area (Å²) in [5.74, 6) is 1.46. The fourth-order valence-corrected chi connectivity index (χ4v) is 4.31. The highest BCUT2D eigenvalue weighted by Crippen LogP contribution is 2.19. The first kappa shape index (κ1) is 19.8. The van der Waals surface area contributed by atoms with E-state index in [9.17, 15) is 4.79 Å². The van der Waals surface area contributed by atoms with Crippen LogP contribution in [0.25, 0.3) is 0 Å². The Morgan fingerprint density at radius 3 is 2.48 bits per heavy atom. The number of nitrogens with one attached hydrogen (secondary N) is 1. The van der Waals surface area contributed by atoms with Gasteiger partial charge in [-0.2, -0.15) is 0 Å². The number of anilines is 1. The number of carbonyl (C=O) groups excluding carboxylic acids is 1. The van der Waals surface area contributed by atoms with Gasteiger partial charge in [0, 0.05) is 44.8 Å². The number of aryl methyl sites for hydroxylation is 1. The van der Waals surface area contributed by atoms with Crippen LogP contribution in [0, 0.1) is 6.92 Å². The normalized spacial score (nSPS) is 18.6. The van der Waals surface area contributed by atoms with E-state index in [4.69, 9.17) is 0 Å². The van der Waals surface area contributed by atoms with E-state index in [0.29, 0.717) is 11.5 Å². The van der Waals surface area contributed by atoms with Crippen LogP contribution < -0.4 is 10.2 Å². The molecule has 4 rings (SSSR count). The van der Waals surface area contributed by atoms with Crippen molar-refractivity contribution in [2.24, 2.45) is 0 Å². The molecule has 2 fully saturated rings. The van der Waals surface area contributed by atoms with Crippen LogP contribution in [0.4, 0.5) is 5.82 Å². The van der Waals surface area contributed by atoms with E-state index in [2.05, 4.69) is 55.4 Å². The molecule has 1 saturated heterocycles. The summed E-state index contributed by atoms with van der Waals surface area (Å²) >= 11 is 0. The summed E-state index contributed by atoms with van der Waals surface area (Å²) in [5.41, 5.74) is 1.84. The van der Waals surface area contributed by atoms with Crippen LogP contribution >= 0.6 is 0 Å². The lowest BCUT2D eigenvalue weighted by molar-refractivity contribution is 0.0922. The van der Waals surface area contributed by atoms with Gasteiger partial charge in [0.25, 0.3) is 5.91 Å². The van der Waals surface area contributed by atoms with Gasteiger partial charge in [-0.05, 0) is 25.3 Å². The molecule has 29 heavy (non-hydrogen) atoms. The molecule has 0 bridgehead atoms. The molecule has 0 radical (unpaired) electrons.